The number of carbonyl (C=O) groups is 6. The topological polar surface area (TPSA) is 127 Å². The van der Waals surface area contributed by atoms with Crippen LogP contribution in [0.5, 0.6) is 0 Å². The van der Waals surface area contributed by atoms with Crippen molar-refractivity contribution in [3.63, 3.8) is 0 Å². The van der Waals surface area contributed by atoms with Crippen LogP contribution in [0.1, 0.15) is 51.4 Å². The summed E-state index contributed by atoms with van der Waals surface area (Å²) in [5, 5.41) is 0. The molecular formula is C26H32N2O8. The molecule has 2 heterocycles. The first kappa shape index (κ1) is 23.6. The molecule has 36 heavy (non-hydrogen) atoms. The number of esters is 2. The average Bonchev–Trinajstić information content (AvgIpc) is 3.34. The predicted octanol–water partition coefficient (Wildman–Crippen LogP) is 0.915. The predicted molar refractivity (Wildman–Crippen MR) is 120 cm³/mol. The Morgan fingerprint density at radius 2 is 1.00 bits per heavy atom. The molecule has 0 aromatic carbocycles. The van der Waals surface area contributed by atoms with Crippen LogP contribution in [0, 0.1) is 46.3 Å². The number of hydrogen-bond donors (Lipinski definition) is 0. The van der Waals surface area contributed by atoms with Crippen molar-refractivity contribution in [2.24, 2.45) is 46.3 Å². The number of methoxy groups -OCH3 is 2. The first-order valence-corrected chi connectivity index (χ1v) is 13.1. The zero-order valence-electron chi connectivity index (χ0n) is 20.7. The first-order chi connectivity index (χ1) is 17.2. The van der Waals surface area contributed by atoms with Crippen molar-refractivity contribution in [2.45, 2.75) is 51.4 Å². The van der Waals surface area contributed by atoms with E-state index in [0.29, 0.717) is 51.4 Å². The molecule has 4 bridgehead atoms. The van der Waals surface area contributed by atoms with Gasteiger partial charge in [-0.15, -0.1) is 0 Å². The summed E-state index contributed by atoms with van der Waals surface area (Å²) >= 11 is 0. The van der Waals surface area contributed by atoms with Gasteiger partial charge >= 0.3 is 11.9 Å². The molecule has 8 fully saturated rings. The van der Waals surface area contributed by atoms with Gasteiger partial charge in [-0.05, 0) is 63.2 Å². The Bertz CT molecular complexity index is 984. The minimum atomic E-state index is -0.976. The lowest BCUT2D eigenvalue weighted by Gasteiger charge is -2.49. The van der Waals surface area contributed by atoms with Gasteiger partial charge in [0.25, 0.3) is 0 Å². The summed E-state index contributed by atoms with van der Waals surface area (Å²) in [5.41, 5.74) is -1.95. The lowest BCUT2D eigenvalue weighted by atomic mass is 9.51. The molecule has 0 N–H and O–H groups in total. The van der Waals surface area contributed by atoms with Gasteiger partial charge in [0.2, 0.25) is 23.6 Å². The fourth-order valence-electron chi connectivity index (χ4n) is 8.97. The van der Waals surface area contributed by atoms with Crippen LogP contribution in [0.25, 0.3) is 0 Å². The van der Waals surface area contributed by atoms with Gasteiger partial charge in [-0.2, -0.15) is 0 Å². The first-order valence-electron chi connectivity index (χ1n) is 13.1. The molecule has 4 unspecified atom stereocenters. The zero-order chi connectivity index (χ0) is 25.6. The Kier molecular flexibility index (Phi) is 5.15. The third-order valence-electron chi connectivity index (χ3n) is 10.7. The SMILES string of the molecule is COC(=O)C12CCC(CC1)C1C(=O)N(CCN3C(=O)C4C5CCC(C(=O)OC)(CC5)C4C3=O)C(=O)C12. The molecule has 0 aromatic rings. The van der Waals surface area contributed by atoms with E-state index in [0.717, 1.165) is 9.80 Å². The van der Waals surface area contributed by atoms with E-state index in [-0.39, 0.29) is 36.7 Å². The van der Waals surface area contributed by atoms with E-state index in [1.807, 2.05) is 0 Å². The Labute approximate surface area is 209 Å². The van der Waals surface area contributed by atoms with Crippen LogP contribution in [0.2, 0.25) is 0 Å². The number of imide groups is 2. The normalized spacial score (nSPS) is 42.6. The molecule has 194 valence electrons. The summed E-state index contributed by atoms with van der Waals surface area (Å²) in [6.07, 6.45) is 4.92. The highest BCUT2D eigenvalue weighted by molar-refractivity contribution is 6.09. The number of amides is 4. The summed E-state index contributed by atoms with van der Waals surface area (Å²) in [6, 6.07) is 0. The van der Waals surface area contributed by atoms with E-state index in [1.165, 1.54) is 14.2 Å². The van der Waals surface area contributed by atoms with Gasteiger partial charge in [0.15, 0.2) is 0 Å². The molecule has 0 spiro atoms. The van der Waals surface area contributed by atoms with E-state index in [9.17, 15) is 28.8 Å². The van der Waals surface area contributed by atoms with Gasteiger partial charge in [0.05, 0.1) is 48.7 Å². The summed E-state index contributed by atoms with van der Waals surface area (Å²) in [5.74, 6) is -4.78. The van der Waals surface area contributed by atoms with Crippen molar-refractivity contribution < 1.29 is 38.2 Å². The van der Waals surface area contributed by atoms with Crippen LogP contribution in [0.4, 0.5) is 0 Å². The van der Waals surface area contributed by atoms with Crippen LogP contribution in [0.15, 0.2) is 0 Å². The highest BCUT2D eigenvalue weighted by atomic mass is 16.5. The summed E-state index contributed by atoms with van der Waals surface area (Å²) in [4.78, 5) is 81.7. The maximum Gasteiger partial charge on any atom is 0.312 e. The standard InChI is InChI=1S/C26H32N2O8/c1-35-23(33)25-7-3-13(4-8-25)15-17(25)21(31)27(19(15)29)11-12-28-20(30)16-14-5-9-26(10-6-14,24(34)36-2)18(16)22(28)32/h13-18H,3-12H2,1-2H3. The van der Waals surface area contributed by atoms with E-state index >= 15 is 0 Å². The third kappa shape index (κ3) is 2.73. The summed E-state index contributed by atoms with van der Waals surface area (Å²) in [7, 11) is 2.62. The Morgan fingerprint density at radius 3 is 1.31 bits per heavy atom. The van der Waals surface area contributed by atoms with Gasteiger partial charge in [-0.3, -0.25) is 38.6 Å². The quantitative estimate of drug-likeness (QED) is 0.403. The average molecular weight is 501 g/mol. The Hall–Kier alpha value is -2.78. The van der Waals surface area contributed by atoms with E-state index < -0.39 is 58.3 Å². The Balaban J connectivity index is 1.24. The lowest BCUT2D eigenvalue weighted by molar-refractivity contribution is -0.173. The zero-order valence-corrected chi connectivity index (χ0v) is 20.7. The van der Waals surface area contributed by atoms with Gasteiger partial charge in [-0.25, -0.2) is 0 Å². The molecule has 8 rings (SSSR count). The van der Waals surface area contributed by atoms with Crippen molar-refractivity contribution in [3.05, 3.63) is 0 Å². The molecule has 0 radical (unpaired) electrons. The minimum Gasteiger partial charge on any atom is -0.469 e. The van der Waals surface area contributed by atoms with Gasteiger partial charge in [-0.1, -0.05) is 0 Å². The third-order valence-corrected chi connectivity index (χ3v) is 10.7. The second-order valence-corrected chi connectivity index (χ2v) is 11.6. The number of likely N-dealkylation sites (tertiary alicyclic amines) is 2. The van der Waals surface area contributed by atoms with Crippen molar-refractivity contribution in [2.75, 3.05) is 27.3 Å². The second-order valence-electron chi connectivity index (χ2n) is 11.6. The van der Waals surface area contributed by atoms with Crippen LogP contribution >= 0.6 is 0 Å². The Morgan fingerprint density at radius 1 is 0.667 bits per heavy atom. The number of fused-ring (bicyclic) bond motifs is 4. The lowest BCUT2D eigenvalue weighted by Crippen LogP contribution is -2.54. The van der Waals surface area contributed by atoms with E-state index in [1.54, 1.807) is 0 Å². The fraction of sp³-hybridized carbons (Fsp3) is 0.769. The van der Waals surface area contributed by atoms with Gasteiger partial charge < -0.3 is 9.47 Å². The van der Waals surface area contributed by atoms with Gasteiger partial charge in [0, 0.05) is 13.1 Å². The molecule has 6 aliphatic carbocycles. The van der Waals surface area contributed by atoms with Crippen molar-refractivity contribution >= 4 is 35.6 Å². The molecule has 8 aliphatic rings. The molecule has 4 atom stereocenters. The van der Waals surface area contributed by atoms with Gasteiger partial charge in [0.1, 0.15) is 0 Å². The molecule has 2 saturated heterocycles. The van der Waals surface area contributed by atoms with Crippen LogP contribution in [0.3, 0.4) is 0 Å². The monoisotopic (exact) mass is 500 g/mol. The molecule has 6 saturated carbocycles. The molecular weight excluding hydrogens is 468 g/mol. The van der Waals surface area contributed by atoms with E-state index in [4.69, 9.17) is 9.47 Å². The molecule has 2 aliphatic heterocycles. The fourth-order valence-corrected chi connectivity index (χ4v) is 8.97. The minimum absolute atomic E-state index is 0.0523. The maximum atomic E-state index is 13.5. The highest BCUT2D eigenvalue weighted by Gasteiger charge is 2.69. The molecule has 10 heteroatoms. The summed E-state index contributed by atoms with van der Waals surface area (Å²) < 4.78 is 10.1. The molecule has 10 nitrogen and oxygen atoms in total. The highest BCUT2D eigenvalue weighted by Crippen LogP contribution is 2.61. The number of carbonyl (C=O) groups excluding carboxylic acids is 6. The van der Waals surface area contributed by atoms with Crippen LogP contribution in [-0.2, 0) is 38.2 Å². The van der Waals surface area contributed by atoms with Crippen LogP contribution < -0.4 is 0 Å². The number of nitrogens with zero attached hydrogens (tertiary/aromatic N) is 2. The van der Waals surface area contributed by atoms with Crippen LogP contribution in [-0.4, -0.2) is 72.7 Å². The largest absolute Gasteiger partial charge is 0.469 e. The number of ether oxygens (including phenoxy) is 2. The molecule has 4 amide bonds. The van der Waals surface area contributed by atoms with E-state index in [2.05, 4.69) is 0 Å². The number of hydrogen-bond acceptors (Lipinski definition) is 8. The molecule has 0 aromatic heterocycles. The smallest absolute Gasteiger partial charge is 0.312 e. The summed E-state index contributed by atoms with van der Waals surface area (Å²) in [6.45, 7) is -0.192. The van der Waals surface area contributed by atoms with Crippen molar-refractivity contribution in [1.82, 2.24) is 9.80 Å². The van der Waals surface area contributed by atoms with Crippen molar-refractivity contribution in [3.8, 4) is 0 Å². The number of rotatable bonds is 5. The maximum absolute atomic E-state index is 13.5. The van der Waals surface area contributed by atoms with Crippen molar-refractivity contribution in [1.29, 1.82) is 0 Å². The second kappa shape index (κ2) is 7.86.